The molecule has 2 rings (SSSR count). The van der Waals surface area contributed by atoms with Crippen LogP contribution in [0.4, 0.5) is 10.5 Å². The van der Waals surface area contributed by atoms with E-state index in [2.05, 4.69) is 5.10 Å². The third-order valence-corrected chi connectivity index (χ3v) is 3.08. The number of carbonyl (C=O) groups excluding carboxylic acids is 1. The predicted octanol–water partition coefficient (Wildman–Crippen LogP) is 2.37. The van der Waals surface area contributed by atoms with Gasteiger partial charge < -0.3 is 10.5 Å². The minimum Gasteiger partial charge on any atom is -0.482 e. The standard InChI is InChI=1S/C16H16N4O4/c17-16(21)19-18-10-9-13-7-4-8-14(15(13)20(22)23)24-11-12-5-2-1-3-6-12/h1-8,10H,9,11H2,(H3,17,19,21)/b18-10+. The lowest BCUT2D eigenvalue weighted by Gasteiger charge is -2.09. The Balaban J connectivity index is 2.15. The molecule has 2 aromatic carbocycles. The van der Waals surface area contributed by atoms with Crippen LogP contribution < -0.4 is 15.9 Å². The average molecular weight is 328 g/mol. The van der Waals surface area contributed by atoms with Crippen molar-refractivity contribution in [2.45, 2.75) is 13.0 Å². The summed E-state index contributed by atoms with van der Waals surface area (Å²) in [4.78, 5) is 21.4. The molecule has 0 aliphatic heterocycles. The normalized spacial score (nSPS) is 10.5. The van der Waals surface area contributed by atoms with Crippen molar-refractivity contribution < 1.29 is 14.5 Å². The Morgan fingerprint density at radius 1 is 1.25 bits per heavy atom. The van der Waals surface area contributed by atoms with E-state index in [-0.39, 0.29) is 24.5 Å². The molecule has 0 saturated carbocycles. The maximum atomic E-state index is 11.4. The zero-order chi connectivity index (χ0) is 17.4. The van der Waals surface area contributed by atoms with Crippen LogP contribution in [0.5, 0.6) is 5.75 Å². The summed E-state index contributed by atoms with van der Waals surface area (Å²) < 4.78 is 5.59. The molecule has 0 atom stereocenters. The van der Waals surface area contributed by atoms with Crippen LogP contribution in [0.3, 0.4) is 0 Å². The number of rotatable bonds is 7. The molecule has 0 aliphatic carbocycles. The van der Waals surface area contributed by atoms with Crippen molar-refractivity contribution in [3.05, 3.63) is 69.8 Å². The van der Waals surface area contributed by atoms with Crippen LogP contribution in [0.1, 0.15) is 11.1 Å². The molecule has 2 aromatic rings. The summed E-state index contributed by atoms with van der Waals surface area (Å²) in [6.07, 6.45) is 1.48. The van der Waals surface area contributed by atoms with Gasteiger partial charge in [0.1, 0.15) is 6.61 Å². The Bertz CT molecular complexity index is 747. The monoisotopic (exact) mass is 328 g/mol. The summed E-state index contributed by atoms with van der Waals surface area (Å²) >= 11 is 0. The fraction of sp³-hybridized carbons (Fsp3) is 0.125. The lowest BCUT2D eigenvalue weighted by Crippen LogP contribution is -2.24. The molecule has 0 spiro atoms. The SMILES string of the molecule is NC(=O)N/N=C/Cc1cccc(OCc2ccccc2)c1[N+](=O)[O-]. The highest BCUT2D eigenvalue weighted by Gasteiger charge is 2.20. The molecule has 8 nitrogen and oxygen atoms in total. The fourth-order valence-corrected chi connectivity index (χ4v) is 2.04. The maximum absolute atomic E-state index is 11.4. The molecule has 124 valence electrons. The van der Waals surface area contributed by atoms with E-state index in [4.69, 9.17) is 10.5 Å². The number of primary amides is 1. The minimum atomic E-state index is -0.805. The highest BCUT2D eigenvalue weighted by Crippen LogP contribution is 2.31. The number of carbonyl (C=O) groups is 1. The van der Waals surface area contributed by atoms with Crippen molar-refractivity contribution in [1.82, 2.24) is 5.43 Å². The number of urea groups is 1. The summed E-state index contributed by atoms with van der Waals surface area (Å²) in [5.74, 6) is 0.178. The Morgan fingerprint density at radius 3 is 2.67 bits per heavy atom. The molecular formula is C16H16N4O4. The molecule has 0 aromatic heterocycles. The number of nitrogens with one attached hydrogen (secondary N) is 1. The number of nitrogens with zero attached hydrogens (tertiary/aromatic N) is 2. The van der Waals surface area contributed by atoms with E-state index in [0.29, 0.717) is 5.56 Å². The minimum absolute atomic E-state index is 0.126. The van der Waals surface area contributed by atoms with Gasteiger partial charge in [-0.1, -0.05) is 42.5 Å². The third kappa shape index (κ3) is 4.80. The van der Waals surface area contributed by atoms with Gasteiger partial charge in [-0.2, -0.15) is 5.10 Å². The summed E-state index contributed by atoms with van der Waals surface area (Å²) in [7, 11) is 0. The quantitative estimate of drug-likeness (QED) is 0.460. The van der Waals surface area contributed by atoms with Gasteiger partial charge >= 0.3 is 11.7 Å². The molecule has 0 fully saturated rings. The average Bonchev–Trinajstić information content (AvgIpc) is 2.57. The van der Waals surface area contributed by atoms with E-state index < -0.39 is 11.0 Å². The number of amides is 2. The number of para-hydroxylation sites is 1. The Labute approximate surface area is 138 Å². The molecule has 0 heterocycles. The van der Waals surface area contributed by atoms with Crippen molar-refractivity contribution in [1.29, 1.82) is 0 Å². The molecule has 8 heteroatoms. The van der Waals surface area contributed by atoms with Crippen molar-refractivity contribution >= 4 is 17.9 Å². The summed E-state index contributed by atoms with van der Waals surface area (Å²) in [6, 6.07) is 13.4. The van der Waals surface area contributed by atoms with E-state index in [0.717, 1.165) is 5.56 Å². The van der Waals surface area contributed by atoms with Crippen LogP contribution in [-0.4, -0.2) is 17.2 Å². The molecule has 0 unspecified atom stereocenters. The number of hydrogen-bond donors (Lipinski definition) is 2. The molecule has 3 N–H and O–H groups in total. The largest absolute Gasteiger partial charge is 0.482 e. The number of hydrogen-bond acceptors (Lipinski definition) is 5. The zero-order valence-corrected chi connectivity index (χ0v) is 12.7. The first kappa shape index (κ1) is 16.9. The van der Waals surface area contributed by atoms with Crippen LogP contribution in [0.2, 0.25) is 0 Å². The Hall–Kier alpha value is -3.42. The van der Waals surface area contributed by atoms with Crippen LogP contribution >= 0.6 is 0 Å². The predicted molar refractivity (Wildman–Crippen MR) is 88.8 cm³/mol. The first-order valence-corrected chi connectivity index (χ1v) is 7.08. The lowest BCUT2D eigenvalue weighted by molar-refractivity contribution is -0.386. The number of nitro benzene ring substituents is 1. The molecular weight excluding hydrogens is 312 g/mol. The Kier molecular flexibility index (Phi) is 5.84. The smallest absolute Gasteiger partial charge is 0.332 e. The van der Waals surface area contributed by atoms with Gasteiger partial charge in [0.25, 0.3) is 0 Å². The number of hydrazone groups is 1. The summed E-state index contributed by atoms with van der Waals surface area (Å²) in [6.45, 7) is 0.225. The van der Waals surface area contributed by atoms with Crippen LogP contribution in [0.25, 0.3) is 0 Å². The second kappa shape index (κ2) is 8.28. The highest BCUT2D eigenvalue weighted by molar-refractivity contribution is 5.73. The maximum Gasteiger partial charge on any atom is 0.332 e. The van der Waals surface area contributed by atoms with E-state index in [9.17, 15) is 14.9 Å². The van der Waals surface area contributed by atoms with Gasteiger partial charge in [0, 0.05) is 18.2 Å². The van der Waals surface area contributed by atoms with Crippen molar-refractivity contribution in [3.63, 3.8) is 0 Å². The number of benzene rings is 2. The lowest BCUT2D eigenvalue weighted by atomic mass is 10.1. The second-order valence-electron chi connectivity index (χ2n) is 4.79. The number of nitrogens with two attached hydrogens (primary N) is 1. The molecule has 2 amide bonds. The van der Waals surface area contributed by atoms with E-state index in [1.54, 1.807) is 18.2 Å². The van der Waals surface area contributed by atoms with Crippen LogP contribution in [0, 0.1) is 10.1 Å². The first-order valence-electron chi connectivity index (χ1n) is 7.08. The van der Waals surface area contributed by atoms with Gasteiger partial charge in [-0.15, -0.1) is 0 Å². The van der Waals surface area contributed by atoms with Gasteiger partial charge in [0.2, 0.25) is 0 Å². The van der Waals surface area contributed by atoms with Crippen molar-refractivity contribution in [2.75, 3.05) is 0 Å². The fourth-order valence-electron chi connectivity index (χ4n) is 2.04. The van der Waals surface area contributed by atoms with Crippen LogP contribution in [0.15, 0.2) is 53.6 Å². The van der Waals surface area contributed by atoms with Crippen LogP contribution in [-0.2, 0) is 13.0 Å². The third-order valence-electron chi connectivity index (χ3n) is 3.08. The van der Waals surface area contributed by atoms with Gasteiger partial charge in [-0.3, -0.25) is 10.1 Å². The van der Waals surface area contributed by atoms with Crippen molar-refractivity contribution in [3.8, 4) is 5.75 Å². The zero-order valence-electron chi connectivity index (χ0n) is 12.7. The Morgan fingerprint density at radius 2 is 2.00 bits per heavy atom. The summed E-state index contributed by atoms with van der Waals surface area (Å²) in [5, 5.41) is 15.0. The van der Waals surface area contributed by atoms with Gasteiger partial charge in [-0.25, -0.2) is 10.2 Å². The highest BCUT2D eigenvalue weighted by atomic mass is 16.6. The van der Waals surface area contributed by atoms with E-state index in [1.165, 1.54) is 6.21 Å². The van der Waals surface area contributed by atoms with Gasteiger partial charge in [0.05, 0.1) is 4.92 Å². The molecule has 0 aliphatic rings. The molecule has 24 heavy (non-hydrogen) atoms. The topological polar surface area (TPSA) is 120 Å². The molecule has 0 bridgehead atoms. The van der Waals surface area contributed by atoms with Gasteiger partial charge in [0.15, 0.2) is 5.75 Å². The van der Waals surface area contributed by atoms with E-state index in [1.807, 2.05) is 35.8 Å². The second-order valence-corrected chi connectivity index (χ2v) is 4.79. The first-order chi connectivity index (χ1) is 11.6. The van der Waals surface area contributed by atoms with Gasteiger partial charge in [-0.05, 0) is 11.6 Å². The molecule has 0 saturated heterocycles. The van der Waals surface area contributed by atoms with E-state index >= 15 is 0 Å². The number of ether oxygens (including phenoxy) is 1. The summed E-state index contributed by atoms with van der Waals surface area (Å²) in [5.41, 5.74) is 8.11. The van der Waals surface area contributed by atoms with Crippen molar-refractivity contribution in [2.24, 2.45) is 10.8 Å². The molecule has 0 radical (unpaired) electrons. The number of nitro groups is 1.